The number of aryl methyl sites for hydroxylation is 1. The van der Waals surface area contributed by atoms with Crippen molar-refractivity contribution in [2.45, 2.75) is 69.3 Å². The molecule has 152 valence electrons. The van der Waals surface area contributed by atoms with E-state index in [4.69, 9.17) is 8.92 Å². The minimum Gasteiger partial charge on any atom is -0.494 e. The normalized spacial score (nSPS) is 20.1. The van der Waals surface area contributed by atoms with Gasteiger partial charge in [0, 0.05) is 0 Å². The first-order valence-corrected chi connectivity index (χ1v) is 11.6. The predicted octanol–water partition coefficient (Wildman–Crippen LogP) is 5.61. The van der Waals surface area contributed by atoms with Gasteiger partial charge in [0.05, 0.1) is 17.6 Å². The lowest BCUT2D eigenvalue weighted by Gasteiger charge is -2.28. The lowest BCUT2D eigenvalue weighted by Crippen LogP contribution is -2.24. The molecule has 0 saturated heterocycles. The van der Waals surface area contributed by atoms with E-state index in [1.807, 2.05) is 19.1 Å². The molecule has 3 rings (SSSR count). The van der Waals surface area contributed by atoms with E-state index < -0.39 is 10.1 Å². The summed E-state index contributed by atoms with van der Waals surface area (Å²) in [5.74, 6) is 1.37. The quantitative estimate of drug-likeness (QED) is 0.426. The Hall–Kier alpha value is -1.85. The smallest absolute Gasteiger partial charge is 0.297 e. The van der Waals surface area contributed by atoms with E-state index in [-0.39, 0.29) is 11.0 Å². The van der Waals surface area contributed by atoms with Crippen LogP contribution < -0.4 is 4.74 Å². The lowest BCUT2D eigenvalue weighted by molar-refractivity contribution is 0.153. The number of hydrogen-bond acceptors (Lipinski definition) is 4. The van der Waals surface area contributed by atoms with Crippen molar-refractivity contribution < 1.29 is 17.3 Å². The number of rotatable bonds is 8. The summed E-state index contributed by atoms with van der Waals surface area (Å²) in [4.78, 5) is 0.235. The molecule has 5 heteroatoms. The molecule has 1 aliphatic rings. The van der Waals surface area contributed by atoms with Crippen molar-refractivity contribution in [2.75, 3.05) is 6.61 Å². The SMILES string of the molecule is CCCCOc1ccc(C2CCC(OS(=O)(=O)c3ccc(C)cc3)CC2)cc1. The van der Waals surface area contributed by atoms with Gasteiger partial charge in [-0.25, -0.2) is 0 Å². The lowest BCUT2D eigenvalue weighted by atomic mass is 9.83. The fraction of sp³-hybridized carbons (Fsp3) is 0.478. The fourth-order valence-electron chi connectivity index (χ4n) is 3.60. The van der Waals surface area contributed by atoms with Gasteiger partial charge >= 0.3 is 0 Å². The van der Waals surface area contributed by atoms with Gasteiger partial charge in [0.2, 0.25) is 0 Å². The predicted molar refractivity (Wildman–Crippen MR) is 111 cm³/mol. The summed E-state index contributed by atoms with van der Waals surface area (Å²) in [6.07, 6.45) is 5.34. The third-order valence-electron chi connectivity index (χ3n) is 5.36. The van der Waals surface area contributed by atoms with E-state index in [0.717, 1.165) is 56.4 Å². The fourth-order valence-corrected chi connectivity index (χ4v) is 4.73. The molecular formula is C23H30O4S. The summed E-state index contributed by atoms with van der Waals surface area (Å²) < 4.78 is 36.2. The van der Waals surface area contributed by atoms with E-state index in [1.54, 1.807) is 24.3 Å². The molecule has 0 atom stereocenters. The van der Waals surface area contributed by atoms with E-state index in [9.17, 15) is 8.42 Å². The summed E-state index contributed by atoms with van der Waals surface area (Å²) in [6.45, 7) is 4.84. The first kappa shape index (κ1) is 20.9. The third kappa shape index (κ3) is 5.58. The summed E-state index contributed by atoms with van der Waals surface area (Å²) in [6, 6.07) is 15.2. The minimum absolute atomic E-state index is 0.235. The first-order chi connectivity index (χ1) is 13.5. The standard InChI is InChI=1S/C23H30O4S/c1-3-4-17-26-21-11-7-19(8-12-21)20-9-13-22(14-10-20)27-28(24,25)23-15-5-18(2)6-16-23/h5-8,11-12,15-16,20,22H,3-4,9-10,13-14,17H2,1-2H3. The molecule has 0 spiro atoms. The van der Waals surface area contributed by atoms with Gasteiger partial charge < -0.3 is 4.74 Å². The van der Waals surface area contributed by atoms with Crippen LogP contribution in [0.25, 0.3) is 0 Å². The molecule has 4 nitrogen and oxygen atoms in total. The van der Waals surface area contributed by atoms with Gasteiger partial charge in [0.25, 0.3) is 10.1 Å². The maximum Gasteiger partial charge on any atom is 0.297 e. The molecule has 1 saturated carbocycles. The Morgan fingerprint density at radius 3 is 2.18 bits per heavy atom. The van der Waals surface area contributed by atoms with E-state index in [0.29, 0.717) is 5.92 Å². The van der Waals surface area contributed by atoms with Gasteiger partial charge in [-0.15, -0.1) is 0 Å². The Morgan fingerprint density at radius 2 is 1.57 bits per heavy atom. The molecule has 0 unspecified atom stereocenters. The molecule has 0 aromatic heterocycles. The van der Waals surface area contributed by atoms with Crippen LogP contribution in [-0.4, -0.2) is 21.1 Å². The van der Waals surface area contributed by atoms with Crippen LogP contribution in [0, 0.1) is 6.92 Å². The second kappa shape index (κ2) is 9.57. The van der Waals surface area contributed by atoms with Crippen LogP contribution in [-0.2, 0) is 14.3 Å². The number of ether oxygens (including phenoxy) is 1. The summed E-state index contributed by atoms with van der Waals surface area (Å²) in [5.41, 5.74) is 2.32. The molecular weight excluding hydrogens is 372 g/mol. The van der Waals surface area contributed by atoms with E-state index >= 15 is 0 Å². The molecule has 0 N–H and O–H groups in total. The Morgan fingerprint density at radius 1 is 0.929 bits per heavy atom. The van der Waals surface area contributed by atoms with Crippen molar-refractivity contribution in [2.24, 2.45) is 0 Å². The number of unbranched alkanes of at least 4 members (excludes halogenated alkanes) is 1. The average molecular weight is 403 g/mol. The van der Waals surface area contributed by atoms with Crippen LogP contribution >= 0.6 is 0 Å². The average Bonchev–Trinajstić information content (AvgIpc) is 2.69. The highest BCUT2D eigenvalue weighted by Crippen LogP contribution is 2.35. The van der Waals surface area contributed by atoms with E-state index in [2.05, 4.69) is 19.1 Å². The molecule has 2 aromatic rings. The third-order valence-corrected chi connectivity index (χ3v) is 6.74. The van der Waals surface area contributed by atoms with Crippen LogP contribution in [0.4, 0.5) is 0 Å². The Bertz CT molecular complexity index is 833. The summed E-state index contributed by atoms with van der Waals surface area (Å²) >= 11 is 0. The molecule has 0 aliphatic heterocycles. The summed E-state index contributed by atoms with van der Waals surface area (Å²) in [5, 5.41) is 0. The Balaban J connectivity index is 1.52. The van der Waals surface area contributed by atoms with Crippen LogP contribution in [0.15, 0.2) is 53.4 Å². The number of benzene rings is 2. The molecule has 0 radical (unpaired) electrons. The van der Waals surface area contributed by atoms with Crippen LogP contribution in [0.5, 0.6) is 5.75 Å². The second-order valence-electron chi connectivity index (χ2n) is 7.61. The first-order valence-electron chi connectivity index (χ1n) is 10.2. The van der Waals surface area contributed by atoms with Crippen LogP contribution in [0.3, 0.4) is 0 Å². The highest BCUT2D eigenvalue weighted by molar-refractivity contribution is 7.86. The monoisotopic (exact) mass is 402 g/mol. The molecule has 0 bridgehead atoms. The van der Waals surface area contributed by atoms with Gasteiger partial charge in [-0.1, -0.05) is 43.2 Å². The molecule has 2 aromatic carbocycles. The maximum atomic E-state index is 12.5. The van der Waals surface area contributed by atoms with Gasteiger partial charge in [-0.05, 0) is 74.8 Å². The Kier molecular flexibility index (Phi) is 7.13. The molecule has 0 amide bonds. The van der Waals surface area contributed by atoms with Crippen LogP contribution in [0.1, 0.15) is 62.5 Å². The van der Waals surface area contributed by atoms with Crippen molar-refractivity contribution in [3.63, 3.8) is 0 Å². The minimum atomic E-state index is -3.69. The Labute approximate surface area is 169 Å². The highest BCUT2D eigenvalue weighted by atomic mass is 32.2. The van der Waals surface area contributed by atoms with Gasteiger partial charge in [0.1, 0.15) is 5.75 Å². The van der Waals surface area contributed by atoms with Crippen molar-refractivity contribution >= 4 is 10.1 Å². The largest absolute Gasteiger partial charge is 0.494 e. The number of hydrogen-bond donors (Lipinski definition) is 0. The van der Waals surface area contributed by atoms with Crippen molar-refractivity contribution in [1.29, 1.82) is 0 Å². The second-order valence-corrected chi connectivity index (χ2v) is 9.18. The van der Waals surface area contributed by atoms with Gasteiger partial charge in [0.15, 0.2) is 0 Å². The topological polar surface area (TPSA) is 52.6 Å². The molecule has 1 aliphatic carbocycles. The zero-order valence-electron chi connectivity index (χ0n) is 16.8. The van der Waals surface area contributed by atoms with E-state index in [1.165, 1.54) is 5.56 Å². The molecule has 28 heavy (non-hydrogen) atoms. The van der Waals surface area contributed by atoms with Crippen molar-refractivity contribution in [3.05, 3.63) is 59.7 Å². The molecule has 1 fully saturated rings. The highest BCUT2D eigenvalue weighted by Gasteiger charge is 2.27. The van der Waals surface area contributed by atoms with Gasteiger partial charge in [-0.2, -0.15) is 8.42 Å². The van der Waals surface area contributed by atoms with Crippen molar-refractivity contribution in [3.8, 4) is 5.75 Å². The zero-order valence-corrected chi connectivity index (χ0v) is 17.6. The maximum absolute atomic E-state index is 12.5. The van der Waals surface area contributed by atoms with Gasteiger partial charge in [-0.3, -0.25) is 4.18 Å². The molecule has 0 heterocycles. The van der Waals surface area contributed by atoms with Crippen molar-refractivity contribution in [1.82, 2.24) is 0 Å². The van der Waals surface area contributed by atoms with Crippen LogP contribution in [0.2, 0.25) is 0 Å². The zero-order chi connectivity index (χ0) is 20.0. The summed E-state index contributed by atoms with van der Waals surface area (Å²) in [7, 11) is -3.69.